The summed E-state index contributed by atoms with van der Waals surface area (Å²) in [6.45, 7) is 9.60. The molecule has 1 nitrogen and oxygen atoms in total. The normalized spacial score (nSPS) is 15.4. The molecule has 298 valence electrons. The molecule has 8 aromatic rings. The molecule has 8 aromatic carbocycles. The summed E-state index contributed by atoms with van der Waals surface area (Å²) in [5, 5.41) is 0. The van der Waals surface area contributed by atoms with Gasteiger partial charge in [0.05, 0.1) is 11.1 Å². The van der Waals surface area contributed by atoms with Gasteiger partial charge in [0, 0.05) is 27.8 Å². The summed E-state index contributed by atoms with van der Waals surface area (Å²) in [7, 11) is 19.0. The number of nitrogens with zero attached hydrogens (tertiary/aromatic N) is 1. The van der Waals surface area contributed by atoms with Crippen molar-refractivity contribution >= 4 is 124 Å². The Morgan fingerprint density at radius 3 is 1.20 bits per heavy atom. The van der Waals surface area contributed by atoms with E-state index in [2.05, 4.69) is 223 Å². The summed E-state index contributed by atoms with van der Waals surface area (Å²) in [4.78, 5) is 2.61. The van der Waals surface area contributed by atoms with Gasteiger partial charge in [0.15, 0.2) is 0 Å². The van der Waals surface area contributed by atoms with Crippen molar-refractivity contribution in [3.63, 3.8) is 0 Å². The van der Waals surface area contributed by atoms with E-state index in [9.17, 15) is 0 Å². The zero-order valence-corrected chi connectivity index (χ0v) is 39.6. The molecular weight excluding hydrogens is 761 g/mol. The van der Waals surface area contributed by atoms with Crippen LogP contribution in [0.2, 0.25) is 0 Å². The second-order valence-electron chi connectivity index (χ2n) is 20.6. The van der Waals surface area contributed by atoms with Crippen molar-refractivity contribution < 1.29 is 0 Å². The van der Waals surface area contributed by atoms with Crippen LogP contribution >= 0.6 is 0 Å². The Hall–Kier alpha value is -5.92. The number of hydrogen-bond acceptors (Lipinski definition) is 1. The first-order valence-electron chi connectivity index (χ1n) is 23.4. The van der Waals surface area contributed by atoms with E-state index >= 15 is 0 Å². The van der Waals surface area contributed by atoms with Crippen molar-refractivity contribution in [1.82, 2.24) is 0 Å². The molecule has 4 aliphatic rings. The number of benzene rings is 8. The molecule has 12 rings (SSSR count). The van der Waals surface area contributed by atoms with Crippen molar-refractivity contribution in [2.24, 2.45) is 0 Å². The molecule has 4 aliphatic carbocycles. The van der Waals surface area contributed by atoms with Crippen LogP contribution in [0.1, 0.15) is 72.2 Å². The van der Waals surface area contributed by atoms with Gasteiger partial charge in [-0.25, -0.2) is 0 Å². The van der Waals surface area contributed by atoms with Gasteiger partial charge >= 0.3 is 0 Å². The molecule has 1 spiro atoms. The summed E-state index contributed by atoms with van der Waals surface area (Å²) in [5.41, 5.74) is 36.3. The molecule has 0 unspecified atom stereocenters. The fraction of sp³-hybridized carbons (Fsp3) is 0.127. The van der Waals surface area contributed by atoms with Gasteiger partial charge in [0.2, 0.25) is 0 Å². The molecule has 0 aliphatic heterocycles. The molecule has 0 N–H and O–H groups in total. The van der Waals surface area contributed by atoms with Gasteiger partial charge in [-0.05, 0) is 114 Å². The molecule has 9 heteroatoms. The predicted octanol–water partition coefficient (Wildman–Crippen LogP) is 0.180. The Balaban J connectivity index is 1.20. The van der Waals surface area contributed by atoms with Crippen molar-refractivity contribution in [3.8, 4) is 44.5 Å². The second-order valence-corrected chi connectivity index (χ2v) is 20.6. The third-order valence-corrected chi connectivity index (χ3v) is 17.3. The van der Waals surface area contributed by atoms with E-state index in [0.717, 1.165) is 0 Å². The highest BCUT2D eigenvalue weighted by molar-refractivity contribution is 6.67. The SMILES string of the molecule is Bc1c(B)c(B)c2c(c1B)-c1c(B)c(B)c(B)c(B)c1C21c2ccccc2-c2c(N(c3ccc4c(c3)C(C)(C)c3ccccc3-4)c3ccc4c(c3)C(C)(C)c3ccccc3-4)cccc21. The van der Waals surface area contributed by atoms with Crippen LogP contribution in [0.25, 0.3) is 44.5 Å². The van der Waals surface area contributed by atoms with Crippen molar-refractivity contribution in [2.75, 3.05) is 4.90 Å². The van der Waals surface area contributed by atoms with Crippen LogP contribution in [0.3, 0.4) is 0 Å². The lowest BCUT2D eigenvalue weighted by Crippen LogP contribution is -2.52. The summed E-state index contributed by atoms with van der Waals surface area (Å²) in [6.07, 6.45) is 0. The lowest BCUT2D eigenvalue weighted by molar-refractivity contribution is 0.660. The number of hydrogen-bond donors (Lipinski definition) is 0. The molecule has 0 aromatic heterocycles. The van der Waals surface area contributed by atoms with E-state index < -0.39 is 5.41 Å². The zero-order chi connectivity index (χ0) is 44.5. The Kier molecular flexibility index (Phi) is 8.11. The average molecular weight is 811 g/mol. The fourth-order valence-electron chi connectivity index (χ4n) is 13.4. The van der Waals surface area contributed by atoms with Crippen LogP contribution in [0.4, 0.5) is 17.1 Å². The lowest BCUT2D eigenvalue weighted by Gasteiger charge is -2.36. The van der Waals surface area contributed by atoms with Gasteiger partial charge in [-0.3, -0.25) is 0 Å². The summed E-state index contributed by atoms with van der Waals surface area (Å²) < 4.78 is 0. The highest BCUT2D eigenvalue weighted by Gasteiger charge is 2.55. The molecule has 0 bridgehead atoms. The minimum atomic E-state index is -0.484. The van der Waals surface area contributed by atoms with E-state index in [1.54, 1.807) is 0 Å². The van der Waals surface area contributed by atoms with E-state index in [1.165, 1.54) is 150 Å². The number of anilines is 3. The quantitative estimate of drug-likeness (QED) is 0.231. The van der Waals surface area contributed by atoms with Crippen molar-refractivity contribution in [3.05, 3.63) is 172 Å². The largest absolute Gasteiger partial charge is 0.310 e. The molecule has 0 atom stereocenters. The summed E-state index contributed by atoms with van der Waals surface area (Å²) in [5.74, 6) is 0. The van der Waals surface area contributed by atoms with Gasteiger partial charge < -0.3 is 4.90 Å². The number of rotatable bonds is 3. The van der Waals surface area contributed by atoms with Crippen LogP contribution in [0.5, 0.6) is 0 Å². The Morgan fingerprint density at radius 1 is 0.328 bits per heavy atom. The third-order valence-electron chi connectivity index (χ3n) is 17.3. The maximum Gasteiger partial charge on any atom is 0.139 e. The second kappa shape index (κ2) is 13.1. The van der Waals surface area contributed by atoms with Crippen LogP contribution in [-0.2, 0) is 16.2 Å². The maximum absolute atomic E-state index is 2.61. The number of fused-ring (bicyclic) bond motifs is 16. The first-order chi connectivity index (χ1) is 30.6. The van der Waals surface area contributed by atoms with E-state index in [0.29, 0.717) is 0 Å². The zero-order valence-electron chi connectivity index (χ0n) is 39.6. The predicted molar refractivity (Wildman–Crippen MR) is 298 cm³/mol. The molecule has 0 heterocycles. The van der Waals surface area contributed by atoms with Crippen LogP contribution in [0, 0.1) is 0 Å². The van der Waals surface area contributed by atoms with Gasteiger partial charge in [0.1, 0.15) is 62.8 Å². The molecule has 0 radical (unpaired) electrons. The van der Waals surface area contributed by atoms with Crippen LogP contribution in [-0.4, -0.2) is 62.8 Å². The van der Waals surface area contributed by atoms with E-state index in [4.69, 9.17) is 0 Å². The molecule has 0 fully saturated rings. The smallest absolute Gasteiger partial charge is 0.139 e. The summed E-state index contributed by atoms with van der Waals surface area (Å²) in [6, 6.07) is 49.3. The molecule has 0 saturated carbocycles. The van der Waals surface area contributed by atoms with Gasteiger partial charge in [0.25, 0.3) is 0 Å². The topological polar surface area (TPSA) is 3.24 Å². The monoisotopic (exact) mass is 811 g/mol. The highest BCUT2D eigenvalue weighted by Crippen LogP contribution is 2.64. The Bertz CT molecular complexity index is 3280. The van der Waals surface area contributed by atoms with Crippen LogP contribution in [0.15, 0.2) is 127 Å². The molecule has 0 saturated heterocycles. The fourth-order valence-corrected chi connectivity index (χ4v) is 13.4. The minimum absolute atomic E-state index is 0.140. The van der Waals surface area contributed by atoms with Crippen LogP contribution < -0.4 is 48.6 Å². The maximum atomic E-state index is 2.61. The van der Waals surface area contributed by atoms with E-state index in [-0.39, 0.29) is 10.8 Å². The van der Waals surface area contributed by atoms with Gasteiger partial charge in [-0.1, -0.05) is 147 Å². The first-order valence-corrected chi connectivity index (χ1v) is 23.4. The highest BCUT2D eigenvalue weighted by atomic mass is 15.1. The average Bonchev–Trinajstić information content (AvgIpc) is 3.94. The van der Waals surface area contributed by atoms with Crippen molar-refractivity contribution in [1.29, 1.82) is 0 Å². The van der Waals surface area contributed by atoms with Crippen molar-refractivity contribution in [2.45, 2.75) is 43.9 Å². The first kappa shape index (κ1) is 39.7. The summed E-state index contributed by atoms with van der Waals surface area (Å²) >= 11 is 0. The molecule has 0 amide bonds. The Morgan fingerprint density at radius 2 is 0.719 bits per heavy atom. The molecular formula is C55H49B8N. The third kappa shape index (κ3) is 4.66. The standard InChI is InChI=1S/C55H49B8N/c1-53(2)33-15-8-5-12-28(33)30-22-20-26(24-37(30)53)64(27-21-23-31-29-13-6-9-16-34(29)54(3,4)38(31)25-27)39-19-11-18-36-40(39)32-14-7-10-17-35(32)55(36)43-41(45(56)49(60)51(62)47(43)58)42-44(55)48(59)52(63)50(61)46(42)57/h5-25H,56-63H2,1-4H3. The molecule has 64 heavy (non-hydrogen) atoms. The lowest BCUT2D eigenvalue weighted by atomic mass is 9.57. The van der Waals surface area contributed by atoms with Gasteiger partial charge in [-0.2, -0.15) is 0 Å². The van der Waals surface area contributed by atoms with E-state index in [1.807, 2.05) is 0 Å². The van der Waals surface area contributed by atoms with Gasteiger partial charge in [-0.15, -0.1) is 21.9 Å². The minimum Gasteiger partial charge on any atom is -0.310 e. The Labute approximate surface area is 386 Å².